The van der Waals surface area contributed by atoms with Gasteiger partial charge in [-0.1, -0.05) is 20.4 Å². The van der Waals surface area contributed by atoms with Crippen LogP contribution in [0.2, 0.25) is 0 Å². The standard InChI is InChI=1S/C9H18OS/c1-7(2)6-9(5)10-11-8(3)4/h7,9H,3,6H2,1-2,4-5H3. The average molecular weight is 174 g/mol. The van der Waals surface area contributed by atoms with E-state index in [0.29, 0.717) is 12.0 Å². The van der Waals surface area contributed by atoms with Gasteiger partial charge in [-0.05, 0) is 26.2 Å². The van der Waals surface area contributed by atoms with E-state index in [-0.39, 0.29) is 0 Å². The second-order valence-electron chi connectivity index (χ2n) is 3.32. The first kappa shape index (κ1) is 11.1. The number of allylic oxidation sites excluding steroid dienone is 1. The summed E-state index contributed by atoms with van der Waals surface area (Å²) in [6, 6.07) is 0. The van der Waals surface area contributed by atoms with Crippen molar-refractivity contribution in [2.75, 3.05) is 0 Å². The molecule has 0 aliphatic rings. The van der Waals surface area contributed by atoms with Crippen LogP contribution in [-0.4, -0.2) is 6.10 Å². The lowest BCUT2D eigenvalue weighted by atomic mass is 10.1. The zero-order valence-electron chi connectivity index (χ0n) is 7.89. The summed E-state index contributed by atoms with van der Waals surface area (Å²) < 4.78 is 5.43. The van der Waals surface area contributed by atoms with Crippen molar-refractivity contribution in [1.29, 1.82) is 0 Å². The van der Waals surface area contributed by atoms with Crippen molar-refractivity contribution in [2.24, 2.45) is 5.92 Å². The third kappa shape index (κ3) is 7.95. The SMILES string of the molecule is C=C(C)SOC(C)CC(C)C. The van der Waals surface area contributed by atoms with Crippen LogP contribution in [0.15, 0.2) is 11.5 Å². The normalized spacial score (nSPS) is 13.5. The van der Waals surface area contributed by atoms with Gasteiger partial charge in [0.25, 0.3) is 0 Å². The van der Waals surface area contributed by atoms with Crippen LogP contribution in [0.25, 0.3) is 0 Å². The predicted octanol–water partition coefficient (Wildman–Crippen LogP) is 3.62. The van der Waals surface area contributed by atoms with Crippen LogP contribution in [-0.2, 0) is 4.18 Å². The van der Waals surface area contributed by atoms with E-state index in [1.165, 1.54) is 12.0 Å². The fraction of sp³-hybridized carbons (Fsp3) is 0.778. The van der Waals surface area contributed by atoms with Gasteiger partial charge in [-0.2, -0.15) is 0 Å². The van der Waals surface area contributed by atoms with Crippen LogP contribution < -0.4 is 0 Å². The van der Waals surface area contributed by atoms with Crippen molar-refractivity contribution in [3.05, 3.63) is 11.5 Å². The Bertz CT molecular complexity index is 121. The third-order valence-electron chi connectivity index (χ3n) is 1.16. The molecule has 11 heavy (non-hydrogen) atoms. The highest BCUT2D eigenvalue weighted by Gasteiger charge is 2.05. The Hall–Kier alpha value is 0.0500. The van der Waals surface area contributed by atoms with Crippen molar-refractivity contribution in [3.8, 4) is 0 Å². The second kappa shape index (κ2) is 5.67. The van der Waals surface area contributed by atoms with Gasteiger partial charge < -0.3 is 4.18 Å². The Kier molecular flexibility index (Phi) is 5.69. The fourth-order valence-corrected chi connectivity index (χ4v) is 1.27. The summed E-state index contributed by atoms with van der Waals surface area (Å²) in [6.45, 7) is 12.2. The van der Waals surface area contributed by atoms with E-state index in [1.54, 1.807) is 0 Å². The molecule has 0 radical (unpaired) electrons. The second-order valence-corrected chi connectivity index (χ2v) is 4.38. The Labute approximate surface area is 74.4 Å². The number of hydrogen-bond donors (Lipinski definition) is 0. The van der Waals surface area contributed by atoms with Crippen LogP contribution in [0.5, 0.6) is 0 Å². The van der Waals surface area contributed by atoms with Gasteiger partial charge in [0.15, 0.2) is 0 Å². The molecule has 1 atom stereocenters. The molecule has 0 rings (SSSR count). The van der Waals surface area contributed by atoms with E-state index in [1.807, 2.05) is 6.92 Å². The van der Waals surface area contributed by atoms with Gasteiger partial charge in [-0.25, -0.2) is 0 Å². The van der Waals surface area contributed by atoms with Gasteiger partial charge in [0.1, 0.15) is 0 Å². The molecular weight excluding hydrogens is 156 g/mol. The lowest BCUT2D eigenvalue weighted by molar-refractivity contribution is 0.230. The lowest BCUT2D eigenvalue weighted by Gasteiger charge is -2.13. The molecule has 0 saturated heterocycles. The molecule has 0 bridgehead atoms. The largest absolute Gasteiger partial charge is 0.308 e. The minimum atomic E-state index is 0.330. The minimum Gasteiger partial charge on any atom is -0.308 e. The molecule has 0 heterocycles. The summed E-state index contributed by atoms with van der Waals surface area (Å²) in [5.41, 5.74) is 0. The molecule has 0 spiro atoms. The molecule has 0 N–H and O–H groups in total. The summed E-state index contributed by atoms with van der Waals surface area (Å²) >= 11 is 1.39. The van der Waals surface area contributed by atoms with Crippen LogP contribution in [0.3, 0.4) is 0 Å². The van der Waals surface area contributed by atoms with Crippen LogP contribution in [0.1, 0.15) is 34.1 Å². The highest BCUT2D eigenvalue weighted by atomic mass is 32.2. The topological polar surface area (TPSA) is 9.23 Å². The van der Waals surface area contributed by atoms with Crippen LogP contribution in [0, 0.1) is 5.92 Å². The van der Waals surface area contributed by atoms with E-state index in [2.05, 4.69) is 27.4 Å². The van der Waals surface area contributed by atoms with Crippen molar-refractivity contribution >= 4 is 12.0 Å². The number of hydrogen-bond acceptors (Lipinski definition) is 2. The van der Waals surface area contributed by atoms with Gasteiger partial charge in [0.05, 0.1) is 6.10 Å². The van der Waals surface area contributed by atoms with Gasteiger partial charge in [-0.15, -0.1) is 0 Å². The summed E-state index contributed by atoms with van der Waals surface area (Å²) in [5, 5.41) is 0. The minimum absolute atomic E-state index is 0.330. The van der Waals surface area contributed by atoms with Gasteiger partial charge in [0.2, 0.25) is 0 Å². The highest BCUT2D eigenvalue weighted by Crippen LogP contribution is 2.19. The molecule has 0 aromatic carbocycles. The maximum atomic E-state index is 5.43. The quantitative estimate of drug-likeness (QED) is 0.589. The van der Waals surface area contributed by atoms with Gasteiger partial charge in [0, 0.05) is 16.9 Å². The molecule has 1 nitrogen and oxygen atoms in total. The predicted molar refractivity (Wildman–Crippen MR) is 52.4 cm³/mol. The maximum absolute atomic E-state index is 5.43. The Morgan fingerprint density at radius 3 is 2.36 bits per heavy atom. The monoisotopic (exact) mass is 174 g/mol. The molecular formula is C9H18OS. The highest BCUT2D eigenvalue weighted by molar-refractivity contribution is 7.98. The Morgan fingerprint density at radius 1 is 1.45 bits per heavy atom. The molecule has 0 saturated carbocycles. The van der Waals surface area contributed by atoms with Crippen LogP contribution in [0.4, 0.5) is 0 Å². The number of rotatable bonds is 5. The molecule has 66 valence electrons. The fourth-order valence-electron chi connectivity index (χ4n) is 0.867. The first-order valence-electron chi connectivity index (χ1n) is 4.01. The van der Waals surface area contributed by atoms with Crippen molar-refractivity contribution in [1.82, 2.24) is 0 Å². The van der Waals surface area contributed by atoms with E-state index in [4.69, 9.17) is 4.18 Å². The van der Waals surface area contributed by atoms with Gasteiger partial charge in [-0.3, -0.25) is 0 Å². The first-order valence-corrected chi connectivity index (χ1v) is 4.75. The van der Waals surface area contributed by atoms with E-state index < -0.39 is 0 Å². The van der Waals surface area contributed by atoms with E-state index in [9.17, 15) is 0 Å². The zero-order valence-corrected chi connectivity index (χ0v) is 8.70. The molecule has 1 unspecified atom stereocenters. The Balaban J connectivity index is 3.37. The molecule has 0 fully saturated rings. The summed E-state index contributed by atoms with van der Waals surface area (Å²) in [5.74, 6) is 0.704. The van der Waals surface area contributed by atoms with Gasteiger partial charge >= 0.3 is 0 Å². The third-order valence-corrected chi connectivity index (χ3v) is 1.87. The zero-order chi connectivity index (χ0) is 8.85. The molecule has 0 aliphatic carbocycles. The molecule has 0 aromatic heterocycles. The van der Waals surface area contributed by atoms with E-state index in [0.717, 1.165) is 11.3 Å². The van der Waals surface area contributed by atoms with Crippen LogP contribution >= 0.6 is 12.0 Å². The summed E-state index contributed by atoms with van der Waals surface area (Å²) in [7, 11) is 0. The average Bonchev–Trinajstić information content (AvgIpc) is 1.82. The summed E-state index contributed by atoms with van der Waals surface area (Å²) in [6.07, 6.45) is 1.44. The lowest BCUT2D eigenvalue weighted by Crippen LogP contribution is -2.06. The molecule has 2 heteroatoms. The smallest absolute Gasteiger partial charge is 0.0701 e. The Morgan fingerprint density at radius 2 is 2.00 bits per heavy atom. The van der Waals surface area contributed by atoms with Crippen molar-refractivity contribution < 1.29 is 4.18 Å². The maximum Gasteiger partial charge on any atom is 0.0701 e. The first-order chi connectivity index (χ1) is 5.02. The molecule has 0 aromatic rings. The summed E-state index contributed by atoms with van der Waals surface area (Å²) in [4.78, 5) is 1.01. The van der Waals surface area contributed by atoms with Crippen molar-refractivity contribution in [3.63, 3.8) is 0 Å². The molecule has 0 aliphatic heterocycles. The van der Waals surface area contributed by atoms with E-state index >= 15 is 0 Å². The molecule has 0 amide bonds. The van der Waals surface area contributed by atoms with Crippen molar-refractivity contribution in [2.45, 2.75) is 40.2 Å².